The molecule has 0 aromatic carbocycles. The molecule has 0 aliphatic heterocycles. The van der Waals surface area contributed by atoms with Gasteiger partial charge in [-0.25, -0.2) is 0 Å². The highest BCUT2D eigenvalue weighted by Gasteiger charge is 2.41. The minimum Gasteiger partial charge on any atom is -0.433 e. The highest BCUT2D eigenvalue weighted by atomic mass is 35.6. The maximum absolute atomic E-state index is 6.37. The molecule has 0 aromatic rings. The monoisotopic (exact) mass is 258 g/mol. The molecule has 0 saturated carbocycles. The maximum atomic E-state index is 6.37. The number of hydrogen-bond donors (Lipinski definition) is 0. The number of hydrogen-bond acceptors (Lipinski definition) is 1. The zero-order chi connectivity index (χ0) is 10.9. The zero-order valence-electron chi connectivity index (χ0n) is 9.32. The Bertz CT molecular complexity index is 152. The van der Waals surface area contributed by atoms with Gasteiger partial charge in [0.1, 0.15) is 0 Å². The van der Waals surface area contributed by atoms with Gasteiger partial charge in [0.2, 0.25) is 0 Å². The molecule has 5 heteroatoms. The molecular weight excluding hydrogens is 239 g/mol. The van der Waals surface area contributed by atoms with Gasteiger partial charge in [-0.05, 0) is 24.2 Å². The van der Waals surface area contributed by atoms with Crippen LogP contribution in [0.4, 0.5) is 0 Å². The summed E-state index contributed by atoms with van der Waals surface area (Å²) in [6, 6.07) is 0. The van der Waals surface area contributed by atoms with Crippen molar-refractivity contribution in [3.8, 4) is 0 Å². The van der Waals surface area contributed by atoms with Crippen molar-refractivity contribution in [2.75, 3.05) is 0 Å². The van der Waals surface area contributed by atoms with Crippen LogP contribution in [0.5, 0.6) is 0 Å². The van der Waals surface area contributed by atoms with E-state index in [1.54, 1.807) is 0 Å². The van der Waals surface area contributed by atoms with Gasteiger partial charge in [-0.3, -0.25) is 0 Å². The number of halogens is 2. The van der Waals surface area contributed by atoms with Crippen molar-refractivity contribution < 1.29 is 4.12 Å². The molecule has 0 spiro atoms. The van der Waals surface area contributed by atoms with E-state index in [9.17, 15) is 0 Å². The second kappa shape index (κ2) is 4.66. The Morgan fingerprint density at radius 3 is 1.23 bits per heavy atom. The first-order chi connectivity index (χ1) is 5.59. The van der Waals surface area contributed by atoms with Crippen molar-refractivity contribution in [1.29, 1.82) is 0 Å². The molecule has 13 heavy (non-hydrogen) atoms. The largest absolute Gasteiger partial charge is 0.433 e. The van der Waals surface area contributed by atoms with Gasteiger partial charge in [-0.2, -0.15) is 0 Å². The molecule has 2 atom stereocenters. The topological polar surface area (TPSA) is 9.23 Å². The lowest BCUT2D eigenvalue weighted by Crippen LogP contribution is -2.44. The van der Waals surface area contributed by atoms with Gasteiger partial charge in [0.15, 0.2) is 0 Å². The summed E-state index contributed by atoms with van der Waals surface area (Å²) < 4.78 is 5.96. The summed E-state index contributed by atoms with van der Waals surface area (Å²) >= 11 is 12.7. The molecule has 80 valence electrons. The lowest BCUT2D eigenvalue weighted by atomic mass is 10.6. The Morgan fingerprint density at radius 1 is 0.846 bits per heavy atom. The molecule has 0 aliphatic rings. The van der Waals surface area contributed by atoms with Crippen LogP contribution in [0.2, 0.25) is 24.2 Å². The molecule has 0 saturated heterocycles. The minimum atomic E-state index is -2.08. The second-order valence-electron chi connectivity index (χ2n) is 4.38. The third-order valence-electron chi connectivity index (χ3n) is 2.46. The third-order valence-corrected chi connectivity index (χ3v) is 13.8. The van der Waals surface area contributed by atoms with Crippen LogP contribution in [0.3, 0.4) is 0 Å². The van der Waals surface area contributed by atoms with E-state index in [1.165, 1.54) is 0 Å². The van der Waals surface area contributed by atoms with E-state index in [-0.39, 0.29) is 0 Å². The average Bonchev–Trinajstić information content (AvgIpc) is 1.83. The Morgan fingerprint density at radius 2 is 1.08 bits per heavy atom. The normalized spacial score (nSPS) is 21.7. The first-order valence-corrected chi connectivity index (χ1v) is 11.7. The fourth-order valence-electron chi connectivity index (χ4n) is 0.626. The van der Waals surface area contributed by atoms with Gasteiger partial charge in [-0.15, -0.1) is 22.2 Å². The predicted octanol–water partition coefficient (Wildman–Crippen LogP) is 4.44. The quantitative estimate of drug-likeness (QED) is 0.535. The van der Waals surface area contributed by atoms with Gasteiger partial charge in [0.05, 0.1) is 0 Å². The summed E-state index contributed by atoms with van der Waals surface area (Å²) in [4.78, 5) is 0. The standard InChI is InChI=1S/C8H20Cl2OSi2/c1-7(2)12(5,9)11-13(6,10)8(3)4/h7-8H,1-6H3. The van der Waals surface area contributed by atoms with Crippen LogP contribution in [0.15, 0.2) is 0 Å². The van der Waals surface area contributed by atoms with Crippen molar-refractivity contribution in [1.82, 2.24) is 0 Å². The fraction of sp³-hybridized carbons (Fsp3) is 1.00. The Labute approximate surface area is 93.4 Å². The summed E-state index contributed by atoms with van der Waals surface area (Å²) in [7, 11) is -4.15. The van der Waals surface area contributed by atoms with Crippen molar-refractivity contribution in [2.24, 2.45) is 0 Å². The Hall–Kier alpha value is 0.974. The molecule has 0 amide bonds. The van der Waals surface area contributed by atoms with Crippen molar-refractivity contribution >= 4 is 37.4 Å². The lowest BCUT2D eigenvalue weighted by molar-refractivity contribution is 0.542. The van der Waals surface area contributed by atoms with Crippen LogP contribution >= 0.6 is 22.2 Å². The fourth-order valence-corrected chi connectivity index (χ4v) is 8.87. The molecule has 0 N–H and O–H groups in total. The molecule has 0 heterocycles. The summed E-state index contributed by atoms with van der Waals surface area (Å²) in [5, 5.41) is 0. The maximum Gasteiger partial charge on any atom is 0.280 e. The van der Waals surface area contributed by atoms with E-state index in [1.807, 2.05) is 13.1 Å². The highest BCUT2D eigenvalue weighted by Crippen LogP contribution is 2.35. The van der Waals surface area contributed by atoms with E-state index in [4.69, 9.17) is 26.3 Å². The van der Waals surface area contributed by atoms with E-state index in [2.05, 4.69) is 27.7 Å². The predicted molar refractivity (Wildman–Crippen MR) is 66.2 cm³/mol. The van der Waals surface area contributed by atoms with E-state index < -0.39 is 15.3 Å². The Balaban J connectivity index is 4.42. The molecule has 0 rings (SSSR count). The van der Waals surface area contributed by atoms with Gasteiger partial charge >= 0.3 is 0 Å². The van der Waals surface area contributed by atoms with Crippen LogP contribution in [-0.4, -0.2) is 15.3 Å². The van der Waals surface area contributed by atoms with E-state index in [0.717, 1.165) is 0 Å². The molecule has 2 unspecified atom stereocenters. The smallest absolute Gasteiger partial charge is 0.280 e. The van der Waals surface area contributed by atoms with Gasteiger partial charge < -0.3 is 4.12 Å². The first-order valence-electron chi connectivity index (χ1n) is 4.67. The van der Waals surface area contributed by atoms with Gasteiger partial charge in [0.25, 0.3) is 15.3 Å². The van der Waals surface area contributed by atoms with Crippen LogP contribution in [0, 0.1) is 0 Å². The molecular formula is C8H20Cl2OSi2. The molecule has 0 aromatic heterocycles. The first kappa shape index (κ1) is 14.0. The molecule has 0 bridgehead atoms. The molecule has 0 aliphatic carbocycles. The van der Waals surface area contributed by atoms with Gasteiger partial charge in [0, 0.05) is 0 Å². The minimum absolute atomic E-state index is 0.401. The summed E-state index contributed by atoms with van der Waals surface area (Å²) in [6.07, 6.45) is 0. The SMILES string of the molecule is CC(C)[Si](C)(Cl)O[Si](C)(Cl)C(C)C. The second-order valence-corrected chi connectivity index (χ2v) is 16.0. The average molecular weight is 259 g/mol. The van der Waals surface area contributed by atoms with Gasteiger partial charge in [-0.1, -0.05) is 27.7 Å². The summed E-state index contributed by atoms with van der Waals surface area (Å²) in [6.45, 7) is 12.4. The van der Waals surface area contributed by atoms with Crippen molar-refractivity contribution in [3.05, 3.63) is 0 Å². The van der Waals surface area contributed by atoms with Crippen LogP contribution in [-0.2, 0) is 4.12 Å². The number of rotatable bonds is 4. The molecule has 1 nitrogen and oxygen atoms in total. The van der Waals surface area contributed by atoms with Crippen molar-refractivity contribution in [2.45, 2.75) is 51.9 Å². The molecule has 0 fully saturated rings. The lowest BCUT2D eigenvalue weighted by Gasteiger charge is -2.34. The summed E-state index contributed by atoms with van der Waals surface area (Å²) in [5.74, 6) is 0. The highest BCUT2D eigenvalue weighted by molar-refractivity contribution is 7.26. The third kappa shape index (κ3) is 4.34. The van der Waals surface area contributed by atoms with E-state index >= 15 is 0 Å². The van der Waals surface area contributed by atoms with Crippen LogP contribution in [0.1, 0.15) is 27.7 Å². The van der Waals surface area contributed by atoms with E-state index in [0.29, 0.717) is 11.1 Å². The Kier molecular flexibility index (Phi) is 5.01. The van der Waals surface area contributed by atoms with Crippen LogP contribution < -0.4 is 0 Å². The molecule has 0 radical (unpaired) electrons. The van der Waals surface area contributed by atoms with Crippen molar-refractivity contribution in [3.63, 3.8) is 0 Å². The summed E-state index contributed by atoms with van der Waals surface area (Å²) in [5.41, 5.74) is 0.803. The zero-order valence-corrected chi connectivity index (χ0v) is 12.8. The van der Waals surface area contributed by atoms with Crippen LogP contribution in [0.25, 0.3) is 0 Å².